The van der Waals surface area contributed by atoms with E-state index < -0.39 is 0 Å². The fraction of sp³-hybridized carbons (Fsp3) is 0.818. The van der Waals surface area contributed by atoms with Crippen molar-refractivity contribution in [2.45, 2.75) is 31.3 Å². The molecule has 0 radical (unpaired) electrons. The maximum Gasteiger partial charge on any atom is 0.237 e. The highest BCUT2D eigenvalue weighted by molar-refractivity contribution is 5.80. The minimum absolute atomic E-state index is 0.0416. The Kier molecular flexibility index (Phi) is 3.42. The maximum atomic E-state index is 11.3. The van der Waals surface area contributed by atoms with Crippen LogP contribution in [0.5, 0.6) is 0 Å². The summed E-state index contributed by atoms with van der Waals surface area (Å²) in [6.45, 7) is 1.69. The predicted molar refractivity (Wildman–Crippen MR) is 57.2 cm³/mol. The van der Waals surface area contributed by atoms with Gasteiger partial charge in [-0.1, -0.05) is 6.42 Å². The normalized spacial score (nSPS) is 35.8. The van der Waals surface area contributed by atoms with Gasteiger partial charge in [-0.2, -0.15) is 5.26 Å². The molecule has 1 heterocycles. The van der Waals surface area contributed by atoms with Gasteiger partial charge in [0.25, 0.3) is 0 Å². The quantitative estimate of drug-likeness (QED) is 0.707. The number of rotatable bonds is 2. The third-order valence-electron chi connectivity index (χ3n) is 3.57. The van der Waals surface area contributed by atoms with Crippen molar-refractivity contribution in [2.24, 2.45) is 11.7 Å². The summed E-state index contributed by atoms with van der Waals surface area (Å²) in [5.74, 6) is -0.303. The van der Waals surface area contributed by atoms with E-state index in [0.717, 1.165) is 19.3 Å². The van der Waals surface area contributed by atoms with E-state index in [9.17, 15) is 4.79 Å². The number of morpholine rings is 1. The third-order valence-corrected chi connectivity index (χ3v) is 3.57. The Hall–Kier alpha value is -1.12. The Bertz CT molecular complexity index is 313. The molecule has 5 nitrogen and oxygen atoms in total. The van der Waals surface area contributed by atoms with Crippen LogP contribution in [0.15, 0.2) is 0 Å². The predicted octanol–water partition coefficient (Wildman–Crippen LogP) is -0.135. The van der Waals surface area contributed by atoms with Crippen molar-refractivity contribution >= 4 is 5.91 Å². The van der Waals surface area contributed by atoms with Crippen LogP contribution in [0.2, 0.25) is 0 Å². The lowest BCUT2D eigenvalue weighted by atomic mass is 10.0. The average Bonchev–Trinajstić information content (AvgIpc) is 2.76. The van der Waals surface area contributed by atoms with Crippen molar-refractivity contribution in [1.29, 1.82) is 5.26 Å². The summed E-state index contributed by atoms with van der Waals surface area (Å²) in [4.78, 5) is 13.4. The van der Waals surface area contributed by atoms with Crippen LogP contribution in [-0.2, 0) is 9.53 Å². The second-order valence-electron chi connectivity index (χ2n) is 4.46. The van der Waals surface area contributed by atoms with Gasteiger partial charge in [0.15, 0.2) is 0 Å². The number of nitrogens with zero attached hydrogens (tertiary/aromatic N) is 2. The second kappa shape index (κ2) is 4.81. The van der Waals surface area contributed by atoms with Gasteiger partial charge >= 0.3 is 0 Å². The van der Waals surface area contributed by atoms with Crippen molar-refractivity contribution in [3.05, 3.63) is 0 Å². The molecule has 5 heteroatoms. The van der Waals surface area contributed by atoms with Gasteiger partial charge in [0, 0.05) is 12.6 Å². The number of hydrogen-bond acceptors (Lipinski definition) is 4. The van der Waals surface area contributed by atoms with Crippen molar-refractivity contribution < 1.29 is 9.53 Å². The molecule has 1 aliphatic heterocycles. The zero-order chi connectivity index (χ0) is 11.5. The van der Waals surface area contributed by atoms with Crippen LogP contribution >= 0.6 is 0 Å². The lowest BCUT2D eigenvalue weighted by Gasteiger charge is -2.38. The van der Waals surface area contributed by atoms with Crippen molar-refractivity contribution in [1.82, 2.24) is 4.90 Å². The van der Waals surface area contributed by atoms with Crippen LogP contribution in [-0.4, -0.2) is 42.6 Å². The van der Waals surface area contributed by atoms with Gasteiger partial charge in [-0.15, -0.1) is 0 Å². The second-order valence-corrected chi connectivity index (χ2v) is 4.46. The van der Waals surface area contributed by atoms with Crippen LogP contribution in [0.3, 0.4) is 0 Å². The van der Waals surface area contributed by atoms with Crippen LogP contribution in [0.4, 0.5) is 0 Å². The summed E-state index contributed by atoms with van der Waals surface area (Å²) in [6, 6.07) is 2.17. The Morgan fingerprint density at radius 3 is 3.00 bits per heavy atom. The molecule has 2 fully saturated rings. The first-order chi connectivity index (χ1) is 7.74. The van der Waals surface area contributed by atoms with Gasteiger partial charge in [-0.3, -0.25) is 9.69 Å². The Morgan fingerprint density at radius 2 is 2.31 bits per heavy atom. The minimum Gasteiger partial charge on any atom is -0.378 e. The van der Waals surface area contributed by atoms with E-state index in [2.05, 4.69) is 11.0 Å². The molecule has 3 unspecified atom stereocenters. The Labute approximate surface area is 95.1 Å². The largest absolute Gasteiger partial charge is 0.378 e. The average molecular weight is 223 g/mol. The molecule has 0 bridgehead atoms. The monoisotopic (exact) mass is 223 g/mol. The van der Waals surface area contributed by atoms with Crippen molar-refractivity contribution in [3.8, 4) is 6.07 Å². The summed E-state index contributed by atoms with van der Waals surface area (Å²) < 4.78 is 5.28. The van der Waals surface area contributed by atoms with Gasteiger partial charge in [0.05, 0.1) is 25.2 Å². The molecule has 2 aliphatic rings. The first kappa shape index (κ1) is 11.4. The Morgan fingerprint density at radius 1 is 1.50 bits per heavy atom. The van der Waals surface area contributed by atoms with Crippen molar-refractivity contribution in [3.63, 3.8) is 0 Å². The molecule has 0 aromatic heterocycles. The number of carbonyl (C=O) groups excluding carboxylic acids is 1. The lowest BCUT2D eigenvalue weighted by molar-refractivity contribution is -0.131. The van der Waals surface area contributed by atoms with E-state index in [4.69, 9.17) is 15.7 Å². The van der Waals surface area contributed by atoms with Gasteiger partial charge in [-0.05, 0) is 12.8 Å². The molecule has 88 valence electrons. The summed E-state index contributed by atoms with van der Waals surface area (Å²) in [5, 5.41) is 9.07. The van der Waals surface area contributed by atoms with E-state index in [1.807, 2.05) is 0 Å². The first-order valence-electron chi connectivity index (χ1n) is 5.76. The van der Waals surface area contributed by atoms with Crippen LogP contribution < -0.4 is 5.73 Å². The van der Waals surface area contributed by atoms with Gasteiger partial charge < -0.3 is 10.5 Å². The molecule has 1 amide bonds. The van der Waals surface area contributed by atoms with E-state index in [1.165, 1.54) is 0 Å². The van der Waals surface area contributed by atoms with Gasteiger partial charge in [0.1, 0.15) is 6.04 Å². The van der Waals surface area contributed by atoms with Crippen molar-refractivity contribution in [2.75, 3.05) is 19.8 Å². The van der Waals surface area contributed by atoms with E-state index in [-0.39, 0.29) is 23.9 Å². The molecule has 1 saturated heterocycles. The van der Waals surface area contributed by atoms with E-state index in [1.54, 1.807) is 0 Å². The molecule has 0 aromatic carbocycles. The van der Waals surface area contributed by atoms with Crippen LogP contribution in [0, 0.1) is 17.2 Å². The number of hydrogen-bond donors (Lipinski definition) is 1. The lowest BCUT2D eigenvalue weighted by Crippen LogP contribution is -2.56. The number of amides is 1. The molecule has 2 rings (SSSR count). The smallest absolute Gasteiger partial charge is 0.237 e. The summed E-state index contributed by atoms with van der Waals surface area (Å²) in [7, 11) is 0. The maximum absolute atomic E-state index is 11.3. The SMILES string of the molecule is N#CC1CCCC1N1CCOCC1C(N)=O. The van der Waals surface area contributed by atoms with Crippen LogP contribution in [0.1, 0.15) is 19.3 Å². The van der Waals surface area contributed by atoms with Gasteiger partial charge in [0.2, 0.25) is 5.91 Å². The number of nitriles is 1. The Balaban J connectivity index is 2.11. The molecule has 3 atom stereocenters. The number of nitrogens with two attached hydrogens (primary N) is 1. The molecule has 16 heavy (non-hydrogen) atoms. The highest BCUT2D eigenvalue weighted by Gasteiger charge is 2.39. The molecule has 0 aromatic rings. The minimum atomic E-state index is -0.354. The zero-order valence-electron chi connectivity index (χ0n) is 9.26. The van der Waals surface area contributed by atoms with Crippen LogP contribution in [0.25, 0.3) is 0 Å². The number of primary amides is 1. The fourth-order valence-corrected chi connectivity index (χ4v) is 2.75. The van der Waals surface area contributed by atoms with E-state index >= 15 is 0 Å². The fourth-order valence-electron chi connectivity index (χ4n) is 2.75. The molecule has 2 N–H and O–H groups in total. The molecule has 0 spiro atoms. The standard InChI is InChI=1S/C11H17N3O2/c12-6-8-2-1-3-9(8)14-4-5-16-7-10(14)11(13)15/h8-10H,1-5,7H2,(H2,13,15). The summed E-state index contributed by atoms with van der Waals surface area (Å²) in [5.41, 5.74) is 5.37. The highest BCUT2D eigenvalue weighted by atomic mass is 16.5. The van der Waals surface area contributed by atoms with E-state index in [0.29, 0.717) is 19.8 Å². The first-order valence-corrected chi connectivity index (χ1v) is 5.76. The summed E-state index contributed by atoms with van der Waals surface area (Å²) >= 11 is 0. The molecular weight excluding hydrogens is 206 g/mol. The zero-order valence-corrected chi connectivity index (χ0v) is 9.26. The van der Waals surface area contributed by atoms with Gasteiger partial charge in [-0.25, -0.2) is 0 Å². The molecular formula is C11H17N3O2. The molecule has 1 saturated carbocycles. The highest BCUT2D eigenvalue weighted by Crippen LogP contribution is 2.31. The third kappa shape index (κ3) is 2.04. The summed E-state index contributed by atoms with van der Waals surface area (Å²) in [6.07, 6.45) is 2.98. The number of carbonyl (C=O) groups is 1. The number of ether oxygens (including phenoxy) is 1. The molecule has 1 aliphatic carbocycles. The topological polar surface area (TPSA) is 79.3 Å².